The molecule has 1 unspecified atom stereocenters. The average Bonchev–Trinajstić information content (AvgIpc) is 3.27. The third-order valence-electron chi connectivity index (χ3n) is 5.06. The van der Waals surface area contributed by atoms with Gasteiger partial charge in [-0.3, -0.25) is 34.1 Å². The van der Waals surface area contributed by atoms with Crippen LogP contribution in [-0.2, 0) is 16.1 Å². The van der Waals surface area contributed by atoms with Crippen LogP contribution in [0.25, 0.3) is 0 Å². The number of benzene rings is 1. The summed E-state index contributed by atoms with van der Waals surface area (Å²) in [7, 11) is 0. The van der Waals surface area contributed by atoms with Gasteiger partial charge in [0, 0.05) is 19.2 Å². The molecule has 12 heteroatoms. The zero-order chi connectivity index (χ0) is 22.3. The normalized spacial score (nSPS) is 18.2. The van der Waals surface area contributed by atoms with Crippen LogP contribution in [0, 0.1) is 5.82 Å². The highest BCUT2D eigenvalue weighted by atomic mass is 19.1. The van der Waals surface area contributed by atoms with Gasteiger partial charge in [0.15, 0.2) is 0 Å². The number of amides is 4. The van der Waals surface area contributed by atoms with Gasteiger partial charge in [0.25, 0.3) is 11.8 Å². The monoisotopic (exact) mass is 429 g/mol. The Balaban J connectivity index is 1.49. The van der Waals surface area contributed by atoms with Gasteiger partial charge in [0.05, 0.1) is 35.1 Å². The zero-order valence-electron chi connectivity index (χ0n) is 15.9. The molecule has 2 aliphatic heterocycles. The van der Waals surface area contributed by atoms with E-state index in [1.54, 1.807) is 0 Å². The first-order valence-corrected chi connectivity index (χ1v) is 9.31. The second-order valence-corrected chi connectivity index (χ2v) is 7.05. The topological polar surface area (TPSA) is 151 Å². The summed E-state index contributed by atoms with van der Waals surface area (Å²) in [5.41, 5.74) is -0.223. The lowest BCUT2D eigenvalue weighted by Crippen LogP contribution is -2.54. The van der Waals surface area contributed by atoms with Gasteiger partial charge >= 0.3 is 5.97 Å². The van der Waals surface area contributed by atoms with Gasteiger partial charge in [-0.15, -0.1) is 0 Å². The number of carbonyl (C=O) groups is 5. The van der Waals surface area contributed by atoms with Crippen molar-refractivity contribution in [2.45, 2.75) is 25.4 Å². The molecule has 4 amide bonds. The number of nitrogens with one attached hydrogen (secondary N) is 2. The molecule has 0 saturated carbocycles. The summed E-state index contributed by atoms with van der Waals surface area (Å²) in [6.07, 6.45) is 2.50. The number of carbonyl (C=O) groups excluding carboxylic acids is 4. The summed E-state index contributed by atoms with van der Waals surface area (Å²) in [4.78, 5) is 60.5. The fourth-order valence-corrected chi connectivity index (χ4v) is 3.53. The van der Waals surface area contributed by atoms with Crippen LogP contribution < -0.4 is 10.6 Å². The third kappa shape index (κ3) is 3.63. The molecule has 1 aromatic heterocycles. The number of hydrogen-bond donors (Lipinski definition) is 3. The summed E-state index contributed by atoms with van der Waals surface area (Å²) >= 11 is 0. The molecule has 1 saturated heterocycles. The summed E-state index contributed by atoms with van der Waals surface area (Å²) < 4.78 is 15.9. The van der Waals surface area contributed by atoms with Gasteiger partial charge in [-0.2, -0.15) is 5.10 Å². The Morgan fingerprint density at radius 2 is 1.94 bits per heavy atom. The van der Waals surface area contributed by atoms with Crippen LogP contribution in [0.15, 0.2) is 24.5 Å². The summed E-state index contributed by atoms with van der Waals surface area (Å²) in [5.74, 6) is -4.65. The van der Waals surface area contributed by atoms with E-state index in [1.165, 1.54) is 23.1 Å². The fourth-order valence-electron chi connectivity index (χ4n) is 3.53. The van der Waals surface area contributed by atoms with Gasteiger partial charge in [0.2, 0.25) is 11.8 Å². The summed E-state index contributed by atoms with van der Waals surface area (Å²) in [6.45, 7) is 0.383. The van der Waals surface area contributed by atoms with Crippen molar-refractivity contribution in [2.24, 2.45) is 0 Å². The van der Waals surface area contributed by atoms with E-state index in [2.05, 4.69) is 15.7 Å². The number of nitrogens with zero attached hydrogens (tertiary/aromatic N) is 3. The second kappa shape index (κ2) is 7.63. The van der Waals surface area contributed by atoms with Gasteiger partial charge in [-0.1, -0.05) is 0 Å². The summed E-state index contributed by atoms with van der Waals surface area (Å²) in [6, 6.07) is 0.996. The molecule has 3 N–H and O–H groups in total. The van der Waals surface area contributed by atoms with Crippen LogP contribution in [0.1, 0.15) is 43.9 Å². The minimum absolute atomic E-state index is 0.00588. The molecule has 0 radical (unpaired) electrons. The lowest BCUT2D eigenvalue weighted by molar-refractivity contribution is -0.136. The molecule has 1 atom stereocenters. The third-order valence-corrected chi connectivity index (χ3v) is 5.06. The Morgan fingerprint density at radius 3 is 2.58 bits per heavy atom. The molecular weight excluding hydrogens is 413 g/mol. The number of carboxylic acids is 1. The molecule has 31 heavy (non-hydrogen) atoms. The van der Waals surface area contributed by atoms with E-state index >= 15 is 0 Å². The standard InChI is InChI=1S/C19H16FN5O6/c20-12-5-10-11(6-13(12)21-3-4-24-8-9(7-22-24)19(30)31)18(29)25(17(10)28)14-1-2-15(26)23-16(14)27/h5-8,14,21H,1-4H2,(H,30,31)(H,23,26,27). The number of imide groups is 2. The van der Waals surface area contributed by atoms with E-state index in [0.29, 0.717) is 0 Å². The lowest BCUT2D eigenvalue weighted by Gasteiger charge is -2.27. The van der Waals surface area contributed by atoms with Crippen LogP contribution in [0.3, 0.4) is 0 Å². The van der Waals surface area contributed by atoms with Crippen molar-refractivity contribution >= 4 is 35.3 Å². The van der Waals surface area contributed by atoms with Crippen LogP contribution in [-0.4, -0.2) is 62.0 Å². The molecule has 1 aromatic carbocycles. The molecule has 2 aliphatic rings. The number of halogens is 1. The Kier molecular flexibility index (Phi) is 4.97. The van der Waals surface area contributed by atoms with Crippen molar-refractivity contribution in [3.8, 4) is 0 Å². The van der Waals surface area contributed by atoms with Gasteiger partial charge in [-0.05, 0) is 18.6 Å². The second-order valence-electron chi connectivity index (χ2n) is 7.05. The first-order chi connectivity index (χ1) is 14.8. The molecule has 160 valence electrons. The smallest absolute Gasteiger partial charge is 0.338 e. The first-order valence-electron chi connectivity index (χ1n) is 9.31. The maximum Gasteiger partial charge on any atom is 0.338 e. The molecular formula is C19H16FN5O6. The number of hydrogen-bond acceptors (Lipinski definition) is 7. The van der Waals surface area contributed by atoms with E-state index < -0.39 is 41.5 Å². The number of carboxylic acid groups (broad SMARTS) is 1. The first kappa shape index (κ1) is 20.2. The number of rotatable bonds is 6. The van der Waals surface area contributed by atoms with Crippen LogP contribution in [0.5, 0.6) is 0 Å². The van der Waals surface area contributed by atoms with E-state index in [1.807, 2.05) is 0 Å². The number of anilines is 1. The molecule has 3 heterocycles. The number of piperidine rings is 1. The quantitative estimate of drug-likeness (QED) is 0.552. The largest absolute Gasteiger partial charge is 0.478 e. The van der Waals surface area contributed by atoms with Crippen LogP contribution in [0.2, 0.25) is 0 Å². The lowest BCUT2D eigenvalue weighted by atomic mass is 10.0. The maximum absolute atomic E-state index is 14.5. The van der Waals surface area contributed by atoms with E-state index in [4.69, 9.17) is 5.11 Å². The minimum Gasteiger partial charge on any atom is -0.478 e. The van der Waals surface area contributed by atoms with Crippen molar-refractivity contribution in [1.29, 1.82) is 0 Å². The molecule has 1 fully saturated rings. The van der Waals surface area contributed by atoms with Crippen molar-refractivity contribution in [1.82, 2.24) is 20.0 Å². The fraction of sp³-hybridized carbons (Fsp3) is 0.263. The molecule has 0 aliphatic carbocycles. The maximum atomic E-state index is 14.5. The highest BCUT2D eigenvalue weighted by Crippen LogP contribution is 2.31. The van der Waals surface area contributed by atoms with Crippen molar-refractivity contribution in [3.05, 3.63) is 47.0 Å². The number of aromatic carboxylic acids is 1. The Hall–Kier alpha value is -4.09. The Morgan fingerprint density at radius 1 is 1.23 bits per heavy atom. The minimum atomic E-state index is -1.13. The van der Waals surface area contributed by atoms with E-state index in [9.17, 15) is 28.4 Å². The predicted molar refractivity (Wildman–Crippen MR) is 101 cm³/mol. The van der Waals surface area contributed by atoms with Crippen molar-refractivity contribution in [3.63, 3.8) is 0 Å². The number of aromatic nitrogens is 2. The van der Waals surface area contributed by atoms with Crippen molar-refractivity contribution in [2.75, 3.05) is 11.9 Å². The Bertz CT molecular complexity index is 1140. The van der Waals surface area contributed by atoms with Gasteiger partial charge < -0.3 is 10.4 Å². The highest BCUT2D eigenvalue weighted by molar-refractivity contribution is 6.23. The molecule has 4 rings (SSSR count). The van der Waals surface area contributed by atoms with Crippen LogP contribution in [0.4, 0.5) is 10.1 Å². The Labute approximate surface area is 173 Å². The van der Waals surface area contributed by atoms with Gasteiger partial charge in [0.1, 0.15) is 11.9 Å². The van der Waals surface area contributed by atoms with Gasteiger partial charge in [-0.25, -0.2) is 9.18 Å². The predicted octanol–water partition coefficient (Wildman–Crippen LogP) is 0.234. The van der Waals surface area contributed by atoms with Crippen molar-refractivity contribution < 1.29 is 33.5 Å². The van der Waals surface area contributed by atoms with E-state index in [0.717, 1.165) is 11.0 Å². The average molecular weight is 429 g/mol. The molecule has 0 spiro atoms. The highest BCUT2D eigenvalue weighted by Gasteiger charge is 2.45. The molecule has 2 aromatic rings. The zero-order valence-corrected chi connectivity index (χ0v) is 15.9. The summed E-state index contributed by atoms with van der Waals surface area (Å²) in [5, 5.41) is 17.7. The van der Waals surface area contributed by atoms with Crippen LogP contribution >= 0.6 is 0 Å². The number of fused-ring (bicyclic) bond motifs is 1. The van der Waals surface area contributed by atoms with E-state index in [-0.39, 0.29) is 48.3 Å². The SMILES string of the molecule is O=C1CCC(N2C(=O)c3cc(F)c(NCCn4cc(C(=O)O)cn4)cc3C2=O)C(=O)N1. The molecule has 11 nitrogen and oxygen atoms in total. The molecule has 0 bridgehead atoms.